The van der Waals surface area contributed by atoms with Crippen LogP contribution in [0.5, 0.6) is 5.75 Å². The average Bonchev–Trinajstić information content (AvgIpc) is 2.88. The molecule has 1 aliphatic rings. The van der Waals surface area contributed by atoms with Crippen LogP contribution < -0.4 is 15.4 Å². The van der Waals surface area contributed by atoms with Gasteiger partial charge in [-0.25, -0.2) is 0 Å². The van der Waals surface area contributed by atoms with Gasteiger partial charge in [-0.15, -0.1) is 0 Å². The molecule has 0 spiro atoms. The molecule has 0 aromatic heterocycles. The van der Waals surface area contributed by atoms with Gasteiger partial charge in [0.15, 0.2) is 0 Å². The van der Waals surface area contributed by atoms with Crippen molar-refractivity contribution in [1.29, 1.82) is 0 Å². The number of anilines is 1. The molecule has 1 unspecified atom stereocenters. The highest BCUT2D eigenvalue weighted by Gasteiger charge is 2.26. The molecule has 1 amide bonds. The molecule has 1 aliphatic heterocycles. The fourth-order valence-corrected chi connectivity index (χ4v) is 3.05. The Bertz CT molecular complexity index is 712. The number of fused-ring (bicyclic) bond motifs is 1. The Labute approximate surface area is 130 Å². The van der Waals surface area contributed by atoms with Crippen molar-refractivity contribution in [3.05, 3.63) is 59.2 Å². The minimum Gasteiger partial charge on any atom is -0.496 e. The number of para-hydroxylation sites is 1. The minimum absolute atomic E-state index is 0.153. The highest BCUT2D eigenvalue weighted by molar-refractivity contribution is 6.01. The molecule has 0 radical (unpaired) electrons. The van der Waals surface area contributed by atoms with Crippen LogP contribution in [0.1, 0.15) is 29.7 Å². The highest BCUT2D eigenvalue weighted by atomic mass is 16.5. The Morgan fingerprint density at radius 2 is 2.05 bits per heavy atom. The van der Waals surface area contributed by atoms with Crippen LogP contribution in [0.3, 0.4) is 0 Å². The predicted molar refractivity (Wildman–Crippen MR) is 87.2 cm³/mol. The number of carbonyl (C=O) groups is 1. The third-order valence-electron chi connectivity index (χ3n) is 4.19. The van der Waals surface area contributed by atoms with E-state index in [4.69, 9.17) is 10.5 Å². The lowest BCUT2D eigenvalue weighted by Crippen LogP contribution is -2.25. The van der Waals surface area contributed by atoms with Gasteiger partial charge in [-0.3, -0.25) is 4.79 Å². The normalized spacial score (nSPS) is 14.9. The maximum Gasteiger partial charge on any atom is 0.231 e. The first-order valence-electron chi connectivity index (χ1n) is 7.47. The van der Waals surface area contributed by atoms with Gasteiger partial charge in [0.25, 0.3) is 0 Å². The number of methoxy groups -OCH3 is 1. The molecule has 4 nitrogen and oxygen atoms in total. The second-order valence-electron chi connectivity index (χ2n) is 5.42. The van der Waals surface area contributed by atoms with Crippen LogP contribution in [0.25, 0.3) is 0 Å². The molecule has 2 N–H and O–H groups in total. The largest absolute Gasteiger partial charge is 0.496 e. The summed E-state index contributed by atoms with van der Waals surface area (Å²) in [5, 5.41) is 0. The number of nitrogens with zero attached hydrogens (tertiary/aromatic N) is 1. The maximum absolute atomic E-state index is 12.0. The van der Waals surface area contributed by atoms with Crippen LogP contribution in [0.4, 0.5) is 5.69 Å². The van der Waals surface area contributed by atoms with Crippen LogP contribution in [-0.4, -0.2) is 19.6 Å². The number of hydrogen-bond acceptors (Lipinski definition) is 3. The van der Waals surface area contributed by atoms with Crippen molar-refractivity contribution in [3.63, 3.8) is 0 Å². The standard InChI is InChI=1S/C18H20N2O2/c1-3-20-15-9-8-12(10-13(15)11-17(20)21)18(19)14-6-4-5-7-16(14)22-2/h4-10,18H,3,11,19H2,1-2H3. The van der Waals surface area contributed by atoms with Gasteiger partial charge in [-0.05, 0) is 30.2 Å². The van der Waals surface area contributed by atoms with Crippen molar-refractivity contribution >= 4 is 11.6 Å². The second-order valence-corrected chi connectivity index (χ2v) is 5.42. The average molecular weight is 296 g/mol. The Kier molecular flexibility index (Phi) is 3.86. The van der Waals surface area contributed by atoms with Crippen LogP contribution in [0.15, 0.2) is 42.5 Å². The molecule has 1 heterocycles. The number of rotatable bonds is 4. The second kappa shape index (κ2) is 5.81. The van der Waals surface area contributed by atoms with E-state index in [1.807, 2.05) is 54.3 Å². The van der Waals surface area contributed by atoms with Crippen molar-refractivity contribution in [2.24, 2.45) is 5.73 Å². The van der Waals surface area contributed by atoms with Crippen molar-refractivity contribution in [2.75, 3.05) is 18.6 Å². The third-order valence-corrected chi connectivity index (χ3v) is 4.19. The van der Waals surface area contributed by atoms with E-state index < -0.39 is 0 Å². The molecule has 0 aliphatic carbocycles. The zero-order valence-electron chi connectivity index (χ0n) is 12.9. The van der Waals surface area contributed by atoms with Gasteiger partial charge < -0.3 is 15.4 Å². The van der Waals surface area contributed by atoms with E-state index in [0.717, 1.165) is 28.1 Å². The SMILES string of the molecule is CCN1C(=O)Cc2cc(C(N)c3ccccc3OC)ccc21. The molecule has 0 saturated carbocycles. The van der Waals surface area contributed by atoms with E-state index in [1.54, 1.807) is 7.11 Å². The Morgan fingerprint density at radius 3 is 2.77 bits per heavy atom. The molecule has 22 heavy (non-hydrogen) atoms. The number of carbonyl (C=O) groups excluding carboxylic acids is 1. The van der Waals surface area contributed by atoms with E-state index in [-0.39, 0.29) is 11.9 Å². The number of hydrogen-bond donors (Lipinski definition) is 1. The van der Waals surface area contributed by atoms with Crippen LogP contribution in [0, 0.1) is 0 Å². The van der Waals surface area contributed by atoms with Crippen molar-refractivity contribution in [2.45, 2.75) is 19.4 Å². The highest BCUT2D eigenvalue weighted by Crippen LogP contribution is 2.34. The molecule has 1 atom stereocenters. The third kappa shape index (κ3) is 2.35. The van der Waals surface area contributed by atoms with E-state index >= 15 is 0 Å². The molecule has 2 aromatic rings. The summed E-state index contributed by atoms with van der Waals surface area (Å²) in [7, 11) is 1.64. The van der Waals surface area contributed by atoms with E-state index in [1.165, 1.54) is 0 Å². The number of nitrogens with two attached hydrogens (primary N) is 1. The van der Waals surface area contributed by atoms with Crippen LogP contribution in [-0.2, 0) is 11.2 Å². The summed E-state index contributed by atoms with van der Waals surface area (Å²) < 4.78 is 5.39. The monoisotopic (exact) mass is 296 g/mol. The summed E-state index contributed by atoms with van der Waals surface area (Å²) in [5.41, 5.74) is 10.4. The molecule has 0 bridgehead atoms. The summed E-state index contributed by atoms with van der Waals surface area (Å²) in [4.78, 5) is 13.8. The molecule has 0 fully saturated rings. The van der Waals surface area contributed by atoms with E-state index in [9.17, 15) is 4.79 Å². The first kappa shape index (κ1) is 14.6. The zero-order valence-corrected chi connectivity index (χ0v) is 12.9. The van der Waals surface area contributed by atoms with Crippen LogP contribution >= 0.6 is 0 Å². The molecule has 0 saturated heterocycles. The first-order chi connectivity index (χ1) is 10.7. The molecule has 3 rings (SSSR count). The fourth-order valence-electron chi connectivity index (χ4n) is 3.05. The van der Waals surface area contributed by atoms with E-state index in [0.29, 0.717) is 13.0 Å². The number of ether oxygens (including phenoxy) is 1. The summed E-state index contributed by atoms with van der Waals surface area (Å²) in [6, 6.07) is 13.5. The van der Waals surface area contributed by atoms with Gasteiger partial charge in [-0.2, -0.15) is 0 Å². The van der Waals surface area contributed by atoms with Gasteiger partial charge in [-0.1, -0.05) is 30.3 Å². The Hall–Kier alpha value is -2.33. The molecule has 4 heteroatoms. The fraction of sp³-hybridized carbons (Fsp3) is 0.278. The quantitative estimate of drug-likeness (QED) is 0.943. The van der Waals surface area contributed by atoms with Gasteiger partial charge in [0, 0.05) is 17.8 Å². The topological polar surface area (TPSA) is 55.6 Å². The molecule has 2 aromatic carbocycles. The van der Waals surface area contributed by atoms with Crippen molar-refractivity contribution in [1.82, 2.24) is 0 Å². The maximum atomic E-state index is 12.0. The van der Waals surface area contributed by atoms with Crippen LogP contribution in [0.2, 0.25) is 0 Å². The van der Waals surface area contributed by atoms with Crippen molar-refractivity contribution < 1.29 is 9.53 Å². The lowest BCUT2D eigenvalue weighted by molar-refractivity contribution is -0.117. The van der Waals surface area contributed by atoms with Gasteiger partial charge in [0.2, 0.25) is 5.91 Å². The van der Waals surface area contributed by atoms with Gasteiger partial charge in [0.05, 0.1) is 19.6 Å². The van der Waals surface area contributed by atoms with E-state index in [2.05, 4.69) is 0 Å². The van der Waals surface area contributed by atoms with Gasteiger partial charge >= 0.3 is 0 Å². The molecular weight excluding hydrogens is 276 g/mol. The lowest BCUT2D eigenvalue weighted by atomic mass is 9.96. The number of likely N-dealkylation sites (N-methyl/N-ethyl adjacent to an activating group) is 1. The lowest BCUT2D eigenvalue weighted by Gasteiger charge is -2.18. The first-order valence-corrected chi connectivity index (χ1v) is 7.47. The van der Waals surface area contributed by atoms with Crippen molar-refractivity contribution in [3.8, 4) is 5.75 Å². The zero-order chi connectivity index (χ0) is 15.7. The Balaban J connectivity index is 1.97. The smallest absolute Gasteiger partial charge is 0.231 e. The van der Waals surface area contributed by atoms with Gasteiger partial charge in [0.1, 0.15) is 5.75 Å². The summed E-state index contributed by atoms with van der Waals surface area (Å²) in [5.74, 6) is 0.933. The molecule has 114 valence electrons. The minimum atomic E-state index is -0.271. The number of amides is 1. The summed E-state index contributed by atoms with van der Waals surface area (Å²) in [6.07, 6.45) is 0.454. The Morgan fingerprint density at radius 1 is 1.27 bits per heavy atom. The number of benzene rings is 2. The predicted octanol–water partition coefficient (Wildman–Crippen LogP) is 2.65. The summed E-state index contributed by atoms with van der Waals surface area (Å²) >= 11 is 0. The summed E-state index contributed by atoms with van der Waals surface area (Å²) in [6.45, 7) is 2.69. The molecular formula is C18H20N2O2.